The predicted molar refractivity (Wildman–Crippen MR) is 604 cm³/mol. The van der Waals surface area contributed by atoms with Crippen LogP contribution in [0.4, 0.5) is 0 Å². The fraction of sp³-hybridized carbons (Fsp3) is 0. The van der Waals surface area contributed by atoms with Crippen molar-refractivity contribution in [3.05, 3.63) is 485 Å². The average molecular weight is 1850 g/mol. The first-order valence-corrected chi connectivity index (χ1v) is 49.2. The van der Waals surface area contributed by atoms with E-state index in [0.29, 0.717) is 0 Å². The third kappa shape index (κ3) is 13.8. The molecule has 0 N–H and O–H groups in total. The molecule has 9 heterocycles. The van der Waals surface area contributed by atoms with Gasteiger partial charge in [-0.15, -0.1) is 0 Å². The van der Waals surface area contributed by atoms with Gasteiger partial charge < -0.3 is 13.3 Å². The fourth-order valence-corrected chi connectivity index (χ4v) is 22.6. The summed E-state index contributed by atoms with van der Waals surface area (Å²) in [4.78, 5) is 31.7. The van der Waals surface area contributed by atoms with E-state index in [1.54, 1.807) is 0 Å². The van der Waals surface area contributed by atoms with E-state index in [9.17, 15) is 0 Å². The summed E-state index contributed by atoms with van der Waals surface area (Å²) in [6.45, 7) is 0. The number of benzene rings is 22. The SMILES string of the molecule is c1ccc(-c2c3ccccc3nc3c2ccc2ccc(-c4c5ccccc5c(-c5cccc6c5oc5ccccc56)c5ccccc45)nc23)cc1.c1ccc(-c2c3ccccc3nc3c2ccc2ccc(-c4ccc5cc6cc(-c7cccc8c7oc7ccccc78)ccc6cc5c4)nc23)cc1.c1ccc(-c2c3ccccc3nc3c2ccc2ccc(-c4cccc(-c5cccc6c5oc5ccccc56)c4)nc23)cc1. The molecule has 0 unspecified atom stereocenters. The number of fused-ring (bicyclic) bond motifs is 25. The van der Waals surface area contributed by atoms with E-state index in [0.717, 1.165) is 247 Å². The Morgan fingerprint density at radius 3 is 0.834 bits per heavy atom. The number of rotatable bonds is 9. The lowest BCUT2D eigenvalue weighted by Gasteiger charge is -2.18. The topological polar surface area (TPSA) is 117 Å². The van der Waals surface area contributed by atoms with Crippen LogP contribution in [0.3, 0.4) is 0 Å². The van der Waals surface area contributed by atoms with Crippen molar-refractivity contribution in [2.45, 2.75) is 0 Å². The van der Waals surface area contributed by atoms with Crippen LogP contribution < -0.4 is 0 Å². The lowest BCUT2D eigenvalue weighted by Crippen LogP contribution is -1.95. The molecule has 9 nitrogen and oxygen atoms in total. The summed E-state index contributed by atoms with van der Waals surface area (Å²) in [5, 5.41) is 26.1. The van der Waals surface area contributed by atoms with Gasteiger partial charge in [0.2, 0.25) is 0 Å². The van der Waals surface area contributed by atoms with E-state index in [1.165, 1.54) is 60.5 Å². The van der Waals surface area contributed by atoms with E-state index in [4.69, 9.17) is 43.2 Å². The van der Waals surface area contributed by atoms with Gasteiger partial charge in [0.15, 0.2) is 0 Å². The summed E-state index contributed by atoms with van der Waals surface area (Å²) in [5.41, 5.74) is 33.6. The smallest absolute Gasteiger partial charge is 0.143 e. The Balaban J connectivity index is 0.000000104. The summed E-state index contributed by atoms with van der Waals surface area (Å²) in [7, 11) is 0. The molecule has 0 fully saturated rings. The van der Waals surface area contributed by atoms with Gasteiger partial charge in [0.1, 0.15) is 33.5 Å². The standard InChI is InChI=1S/2C48H28N2O.C40H24N2O/c1-2-13-29(14-3-1)43-37-20-8-10-23-40(37)49-47-38(43)27-25-30-26-28-41(50-46(30)47)45-34-18-6-4-16-32(34)44(33-17-5-7-19-35(33)45)39-22-12-21-36-31-15-9-11-24-42(31)51-48(36)39;1-2-9-29(10-3-1)45-40-12-4-6-15-43(40)50-47-41(45)23-21-30-22-24-42(49-46(30)47)34-20-18-32-25-35-27-33(19-17-31(35)26-36(32)28-34)37-13-8-14-39-38-11-5-7-16-44(38)51-48(37)39;1-2-10-25(11-3-1)37-32-15-4-6-18-35(32)42-39-33(37)22-20-26-21-23-34(41-38(26)39)28-13-8-12-27(24-28)29-16-9-17-31-30-14-5-7-19-36(30)43-40(29)31/h2*1-28H;1-24H. The molecule has 0 saturated carbocycles. The van der Waals surface area contributed by atoms with Gasteiger partial charge in [-0.3, -0.25) is 0 Å². The van der Waals surface area contributed by atoms with Crippen molar-refractivity contribution in [2.75, 3.05) is 0 Å². The van der Waals surface area contributed by atoms with Crippen molar-refractivity contribution in [1.29, 1.82) is 0 Å². The highest BCUT2D eigenvalue weighted by atomic mass is 16.3. The molecule has 0 radical (unpaired) electrons. The molecule has 0 aliphatic rings. The summed E-state index contributed by atoms with van der Waals surface area (Å²) in [6.07, 6.45) is 0. The van der Waals surface area contributed by atoms with E-state index >= 15 is 0 Å². The van der Waals surface area contributed by atoms with E-state index in [2.05, 4.69) is 443 Å². The minimum Gasteiger partial charge on any atom is -0.455 e. The van der Waals surface area contributed by atoms with Crippen molar-refractivity contribution in [3.63, 3.8) is 0 Å². The Morgan fingerprint density at radius 2 is 0.414 bits per heavy atom. The van der Waals surface area contributed by atoms with Crippen LogP contribution in [0, 0.1) is 0 Å². The first-order chi connectivity index (χ1) is 71.9. The van der Waals surface area contributed by atoms with Crippen molar-refractivity contribution < 1.29 is 13.3 Å². The van der Waals surface area contributed by atoms with Crippen LogP contribution in [0.15, 0.2) is 499 Å². The van der Waals surface area contributed by atoms with Gasteiger partial charge in [-0.2, -0.15) is 0 Å². The monoisotopic (exact) mass is 1840 g/mol. The quantitative estimate of drug-likeness (QED) is 0.103. The Kier molecular flexibility index (Phi) is 19.2. The maximum atomic E-state index is 6.59. The number of aromatic nitrogens is 6. The zero-order valence-corrected chi connectivity index (χ0v) is 78.1. The molecule has 0 aliphatic carbocycles. The molecule has 9 heteroatoms. The normalized spacial score (nSPS) is 11.9. The number of pyridine rings is 6. The predicted octanol–water partition coefficient (Wildman–Crippen LogP) is 37.1. The van der Waals surface area contributed by atoms with Crippen molar-refractivity contribution in [3.8, 4) is 101 Å². The molecule has 0 aliphatic heterocycles. The van der Waals surface area contributed by atoms with Crippen LogP contribution in [0.1, 0.15) is 0 Å². The molecule has 22 aromatic carbocycles. The molecular weight excluding hydrogens is 1770 g/mol. The number of nitrogens with zero attached hydrogens (tertiary/aromatic N) is 6. The zero-order valence-electron chi connectivity index (χ0n) is 78.1. The van der Waals surface area contributed by atoms with E-state index in [1.807, 2.05) is 42.5 Å². The highest BCUT2D eigenvalue weighted by Gasteiger charge is 2.26. The van der Waals surface area contributed by atoms with Crippen LogP contribution >= 0.6 is 0 Å². The van der Waals surface area contributed by atoms with E-state index < -0.39 is 0 Å². The minimum atomic E-state index is 0.898. The minimum absolute atomic E-state index is 0.898. The van der Waals surface area contributed by atoms with Crippen LogP contribution in [-0.4, -0.2) is 29.9 Å². The maximum Gasteiger partial charge on any atom is 0.143 e. The highest BCUT2D eigenvalue weighted by Crippen LogP contribution is 2.50. The van der Waals surface area contributed by atoms with Gasteiger partial charge in [-0.1, -0.05) is 400 Å². The van der Waals surface area contributed by atoms with Gasteiger partial charge in [0, 0.05) is 136 Å². The molecule has 0 atom stereocenters. The van der Waals surface area contributed by atoms with Gasteiger partial charge in [0.05, 0.1) is 66.7 Å². The van der Waals surface area contributed by atoms with Crippen LogP contribution in [0.25, 0.3) is 308 Å². The molecule has 145 heavy (non-hydrogen) atoms. The van der Waals surface area contributed by atoms with Crippen LogP contribution in [-0.2, 0) is 0 Å². The lowest BCUT2D eigenvalue weighted by atomic mass is 9.86. The van der Waals surface area contributed by atoms with Gasteiger partial charge in [0.25, 0.3) is 0 Å². The third-order valence-electron chi connectivity index (χ3n) is 29.3. The Hall–Kier alpha value is -19.5. The first-order valence-electron chi connectivity index (χ1n) is 49.2. The zero-order chi connectivity index (χ0) is 95.3. The lowest BCUT2D eigenvalue weighted by molar-refractivity contribution is 0.669. The van der Waals surface area contributed by atoms with Gasteiger partial charge in [-0.25, -0.2) is 29.9 Å². The maximum absolute atomic E-state index is 6.59. The Bertz CT molecular complexity index is 10800. The number of hydrogen-bond acceptors (Lipinski definition) is 9. The molecule has 9 aromatic heterocycles. The van der Waals surface area contributed by atoms with Crippen LogP contribution in [0.5, 0.6) is 0 Å². The Morgan fingerprint density at radius 1 is 0.131 bits per heavy atom. The summed E-state index contributed by atoms with van der Waals surface area (Å²) >= 11 is 0. The van der Waals surface area contributed by atoms with Crippen molar-refractivity contribution >= 4 is 207 Å². The van der Waals surface area contributed by atoms with Gasteiger partial charge >= 0.3 is 0 Å². The number of para-hydroxylation sites is 9. The van der Waals surface area contributed by atoms with Crippen molar-refractivity contribution in [2.24, 2.45) is 0 Å². The Labute approximate surface area is 830 Å². The molecule has 0 saturated heterocycles. The van der Waals surface area contributed by atoms with Crippen molar-refractivity contribution in [1.82, 2.24) is 29.9 Å². The second kappa shape index (κ2) is 33.7. The average Bonchev–Trinajstić information content (AvgIpc) is 1.62. The highest BCUT2D eigenvalue weighted by molar-refractivity contribution is 6.26. The molecule has 31 aromatic rings. The molecule has 672 valence electrons. The molecule has 31 rings (SSSR count). The molecule has 0 amide bonds. The summed E-state index contributed by atoms with van der Waals surface area (Å²) < 4.78 is 19.3. The largest absolute Gasteiger partial charge is 0.455 e. The fourth-order valence-electron chi connectivity index (χ4n) is 22.6. The summed E-state index contributed by atoms with van der Waals surface area (Å²) in [6, 6.07) is 171. The van der Waals surface area contributed by atoms with Crippen LogP contribution in [0.2, 0.25) is 0 Å². The van der Waals surface area contributed by atoms with Gasteiger partial charge in [-0.05, 0) is 156 Å². The van der Waals surface area contributed by atoms with E-state index in [-0.39, 0.29) is 0 Å². The number of hydrogen-bond donors (Lipinski definition) is 0. The summed E-state index contributed by atoms with van der Waals surface area (Å²) in [5.74, 6) is 0. The molecule has 0 bridgehead atoms. The second-order valence-electron chi connectivity index (χ2n) is 37.5. The third-order valence-corrected chi connectivity index (χ3v) is 29.3. The second-order valence-corrected chi connectivity index (χ2v) is 37.5. The molecule has 0 spiro atoms. The molecular formula is C136H80N6O3. The first kappa shape index (κ1) is 82.6. The number of furan rings is 3.